The van der Waals surface area contributed by atoms with Crippen LogP contribution in [-0.2, 0) is 11.0 Å². The monoisotopic (exact) mass is 501 g/mol. The van der Waals surface area contributed by atoms with Gasteiger partial charge in [-0.1, -0.05) is 73.0 Å². The third-order valence-electron chi connectivity index (χ3n) is 5.89. The van der Waals surface area contributed by atoms with Crippen molar-refractivity contribution in [2.75, 3.05) is 5.75 Å². The molecule has 0 unspecified atom stereocenters. The number of amides is 1. The minimum Gasteiger partial charge on any atom is -0.299 e. The number of carbonyl (C=O) groups is 1. The van der Waals surface area contributed by atoms with Crippen molar-refractivity contribution in [3.05, 3.63) is 65.2 Å². The molecule has 6 nitrogen and oxygen atoms in total. The molecule has 2 aromatic carbocycles. The summed E-state index contributed by atoms with van der Waals surface area (Å²) < 4.78 is 40.1. The largest absolute Gasteiger partial charge is 0.416 e. The predicted molar refractivity (Wildman–Crippen MR) is 130 cm³/mol. The molecule has 1 amide bonds. The van der Waals surface area contributed by atoms with E-state index in [2.05, 4.69) is 25.3 Å². The second-order valence-corrected chi connectivity index (χ2v) is 9.48. The van der Waals surface area contributed by atoms with E-state index in [9.17, 15) is 18.0 Å². The second-order valence-electron chi connectivity index (χ2n) is 8.54. The highest BCUT2D eigenvalue weighted by Gasteiger charge is 2.30. The Morgan fingerprint density at radius 2 is 1.77 bits per heavy atom. The van der Waals surface area contributed by atoms with E-state index in [1.807, 2.05) is 31.2 Å². The average molecular weight is 502 g/mol. The summed E-state index contributed by atoms with van der Waals surface area (Å²) in [6.07, 6.45) is 2.54. The first-order valence-corrected chi connectivity index (χ1v) is 12.4. The molecule has 184 valence electrons. The fourth-order valence-electron chi connectivity index (χ4n) is 4.04. The molecule has 1 saturated carbocycles. The number of hydrogen-bond donors (Lipinski definition) is 1. The van der Waals surface area contributed by atoms with Crippen molar-refractivity contribution < 1.29 is 18.0 Å². The molecule has 0 radical (unpaired) electrons. The van der Waals surface area contributed by atoms with Gasteiger partial charge in [0, 0.05) is 11.6 Å². The Morgan fingerprint density at radius 1 is 1.09 bits per heavy atom. The molecule has 4 rings (SSSR count). The zero-order valence-corrected chi connectivity index (χ0v) is 20.1. The van der Waals surface area contributed by atoms with Gasteiger partial charge >= 0.3 is 6.18 Å². The first-order valence-electron chi connectivity index (χ1n) is 11.4. The number of nitrogens with one attached hydrogen (secondary N) is 1. The molecule has 1 aromatic heterocycles. The van der Waals surface area contributed by atoms with Gasteiger partial charge in [-0.3, -0.25) is 9.36 Å². The normalized spacial score (nSPS) is 15.0. The lowest BCUT2D eigenvalue weighted by atomic mass is 9.95. The number of aryl methyl sites for hydroxylation is 1. The maximum Gasteiger partial charge on any atom is 0.416 e. The summed E-state index contributed by atoms with van der Waals surface area (Å²) in [5.74, 6) is 0.552. The highest BCUT2D eigenvalue weighted by molar-refractivity contribution is 7.99. The van der Waals surface area contributed by atoms with Crippen LogP contribution in [0.3, 0.4) is 0 Å². The minimum atomic E-state index is -4.39. The van der Waals surface area contributed by atoms with Crippen molar-refractivity contribution >= 4 is 23.9 Å². The van der Waals surface area contributed by atoms with Crippen molar-refractivity contribution in [2.45, 2.75) is 56.4 Å². The number of carbonyl (C=O) groups excluding carboxylic acids is 1. The summed E-state index contributed by atoms with van der Waals surface area (Å²) in [6, 6.07) is 13.0. The van der Waals surface area contributed by atoms with Crippen LogP contribution in [0.15, 0.2) is 58.8 Å². The Balaban J connectivity index is 1.41. The van der Waals surface area contributed by atoms with Crippen LogP contribution in [0.4, 0.5) is 13.2 Å². The van der Waals surface area contributed by atoms with Crippen molar-refractivity contribution in [2.24, 2.45) is 5.10 Å². The van der Waals surface area contributed by atoms with Gasteiger partial charge in [-0.25, -0.2) is 5.43 Å². The number of alkyl halides is 3. The van der Waals surface area contributed by atoms with Crippen LogP contribution in [0.25, 0.3) is 11.4 Å². The highest BCUT2D eigenvalue weighted by atomic mass is 32.2. The number of halogens is 3. The molecule has 0 saturated heterocycles. The molecule has 0 atom stereocenters. The number of benzene rings is 2. The number of hydrogen-bond acceptors (Lipinski definition) is 5. The van der Waals surface area contributed by atoms with Crippen LogP contribution in [0.5, 0.6) is 0 Å². The van der Waals surface area contributed by atoms with E-state index in [0.717, 1.165) is 49.2 Å². The lowest BCUT2D eigenvalue weighted by Crippen LogP contribution is -2.20. The van der Waals surface area contributed by atoms with Gasteiger partial charge < -0.3 is 0 Å². The van der Waals surface area contributed by atoms with Gasteiger partial charge in [0.15, 0.2) is 11.0 Å². The van der Waals surface area contributed by atoms with Gasteiger partial charge in [-0.05, 0) is 37.5 Å². The number of hydrazone groups is 1. The van der Waals surface area contributed by atoms with Crippen molar-refractivity contribution in [1.82, 2.24) is 20.2 Å². The first kappa shape index (κ1) is 25.0. The standard InChI is InChI=1S/C25H26F3N5OS/c1-17-7-11-19(12-8-17)23-31-32-24(33(23)21-5-3-2-4-6-21)35-16-22(34)30-29-15-18-9-13-20(14-10-18)25(26,27)28/h7-15,21H,2-6,16H2,1H3,(H,30,34)/b29-15+. The first-order chi connectivity index (χ1) is 16.8. The molecule has 0 aliphatic heterocycles. The lowest BCUT2D eigenvalue weighted by Gasteiger charge is -2.25. The van der Waals surface area contributed by atoms with E-state index in [1.54, 1.807) is 0 Å². The van der Waals surface area contributed by atoms with Gasteiger partial charge in [0.05, 0.1) is 17.5 Å². The molecule has 3 aromatic rings. The third-order valence-corrected chi connectivity index (χ3v) is 6.83. The van der Waals surface area contributed by atoms with E-state index in [4.69, 9.17) is 0 Å². The molecule has 1 heterocycles. The topological polar surface area (TPSA) is 72.2 Å². The Bertz CT molecular complexity index is 1170. The maximum atomic E-state index is 12.7. The zero-order valence-electron chi connectivity index (χ0n) is 19.3. The number of rotatable bonds is 7. The highest BCUT2D eigenvalue weighted by Crippen LogP contribution is 2.35. The van der Waals surface area contributed by atoms with Crippen molar-refractivity contribution in [1.29, 1.82) is 0 Å². The van der Waals surface area contributed by atoms with Crippen LogP contribution in [0.2, 0.25) is 0 Å². The van der Waals surface area contributed by atoms with Gasteiger partial charge in [-0.2, -0.15) is 18.3 Å². The fraction of sp³-hybridized carbons (Fsp3) is 0.360. The SMILES string of the molecule is Cc1ccc(-c2nnc(SCC(=O)N/N=C/c3ccc(C(F)(F)F)cc3)n2C2CCCCC2)cc1. The Labute approximate surface area is 206 Å². The Morgan fingerprint density at radius 3 is 2.43 bits per heavy atom. The minimum absolute atomic E-state index is 0.0864. The summed E-state index contributed by atoms with van der Waals surface area (Å²) in [5.41, 5.74) is 4.29. The van der Waals surface area contributed by atoms with Crippen LogP contribution >= 0.6 is 11.8 Å². The zero-order chi connectivity index (χ0) is 24.8. The van der Waals surface area contributed by atoms with Crippen LogP contribution < -0.4 is 5.43 Å². The summed E-state index contributed by atoms with van der Waals surface area (Å²) in [4.78, 5) is 12.3. The molecule has 1 fully saturated rings. The molecule has 1 aliphatic rings. The van der Waals surface area contributed by atoms with Crippen molar-refractivity contribution in [3.63, 3.8) is 0 Å². The van der Waals surface area contributed by atoms with Gasteiger partial charge in [-0.15, -0.1) is 10.2 Å². The van der Waals surface area contributed by atoms with Gasteiger partial charge in [0.2, 0.25) is 0 Å². The molecule has 10 heteroatoms. The second kappa shape index (κ2) is 11.1. The molecule has 0 bridgehead atoms. The predicted octanol–water partition coefficient (Wildman–Crippen LogP) is 6.02. The molecule has 35 heavy (non-hydrogen) atoms. The molecular weight excluding hydrogens is 475 g/mol. The van der Waals surface area contributed by atoms with Gasteiger partial charge in [0.25, 0.3) is 5.91 Å². The van der Waals surface area contributed by atoms with E-state index >= 15 is 0 Å². The van der Waals surface area contributed by atoms with Crippen LogP contribution in [0.1, 0.15) is 54.8 Å². The van der Waals surface area contributed by atoms with Gasteiger partial charge in [0.1, 0.15) is 0 Å². The number of nitrogens with zero attached hydrogens (tertiary/aromatic N) is 4. The lowest BCUT2D eigenvalue weighted by molar-refractivity contribution is -0.137. The average Bonchev–Trinajstić information content (AvgIpc) is 3.27. The molecule has 1 aliphatic carbocycles. The number of thioether (sulfide) groups is 1. The van der Waals surface area contributed by atoms with E-state index < -0.39 is 11.7 Å². The summed E-state index contributed by atoms with van der Waals surface area (Å²) >= 11 is 1.30. The summed E-state index contributed by atoms with van der Waals surface area (Å²) in [6.45, 7) is 2.04. The Kier molecular flexibility index (Phi) is 7.90. The molecule has 0 spiro atoms. The van der Waals surface area contributed by atoms with E-state index in [-0.39, 0.29) is 11.7 Å². The van der Waals surface area contributed by atoms with E-state index in [1.165, 1.54) is 42.1 Å². The maximum absolute atomic E-state index is 12.7. The number of aromatic nitrogens is 3. The molecular formula is C25H26F3N5OS. The Hall–Kier alpha value is -3.14. The smallest absolute Gasteiger partial charge is 0.299 e. The third kappa shape index (κ3) is 6.50. The quantitative estimate of drug-likeness (QED) is 0.244. The summed E-state index contributed by atoms with van der Waals surface area (Å²) in [5, 5.41) is 13.4. The van der Waals surface area contributed by atoms with Crippen molar-refractivity contribution in [3.8, 4) is 11.4 Å². The van der Waals surface area contributed by atoms with Crippen LogP contribution in [-0.4, -0.2) is 32.6 Å². The fourth-order valence-corrected chi connectivity index (χ4v) is 4.84. The summed E-state index contributed by atoms with van der Waals surface area (Å²) in [7, 11) is 0. The van der Waals surface area contributed by atoms with E-state index in [0.29, 0.717) is 16.8 Å². The molecule has 1 N–H and O–H groups in total. The van der Waals surface area contributed by atoms with Crippen LogP contribution in [0, 0.1) is 6.92 Å².